The van der Waals surface area contributed by atoms with Gasteiger partial charge in [0, 0.05) is 24.2 Å². The highest BCUT2D eigenvalue weighted by atomic mass is 32.1. The van der Waals surface area contributed by atoms with Gasteiger partial charge in [0.1, 0.15) is 29.3 Å². The second kappa shape index (κ2) is 7.89. The zero-order chi connectivity index (χ0) is 20.4. The SMILES string of the molecule is COc1ccc(/C=C2/NC(=S)N(C)C2=O)cc1COc1cccc2cccnc12. The van der Waals surface area contributed by atoms with Crippen molar-refractivity contribution in [3.63, 3.8) is 0 Å². The smallest absolute Gasteiger partial charge is 0.276 e. The molecule has 7 heteroatoms. The van der Waals surface area contributed by atoms with Crippen molar-refractivity contribution in [1.82, 2.24) is 15.2 Å². The number of ether oxygens (including phenoxy) is 2. The predicted octanol–water partition coefficient (Wildman–Crippen LogP) is 3.51. The Labute approximate surface area is 173 Å². The highest BCUT2D eigenvalue weighted by molar-refractivity contribution is 7.80. The lowest BCUT2D eigenvalue weighted by Gasteiger charge is -2.12. The number of hydrogen-bond acceptors (Lipinski definition) is 5. The van der Waals surface area contributed by atoms with Gasteiger partial charge in [-0.15, -0.1) is 0 Å². The molecule has 29 heavy (non-hydrogen) atoms. The van der Waals surface area contributed by atoms with E-state index in [-0.39, 0.29) is 5.91 Å². The van der Waals surface area contributed by atoms with E-state index < -0.39 is 0 Å². The number of nitrogens with zero attached hydrogens (tertiary/aromatic N) is 2. The monoisotopic (exact) mass is 405 g/mol. The van der Waals surface area contributed by atoms with Crippen molar-refractivity contribution in [3.8, 4) is 11.5 Å². The minimum absolute atomic E-state index is 0.162. The number of hydrogen-bond donors (Lipinski definition) is 1. The molecule has 3 aromatic rings. The summed E-state index contributed by atoms with van der Waals surface area (Å²) < 4.78 is 11.5. The van der Waals surface area contributed by atoms with Gasteiger partial charge in [-0.05, 0) is 48.1 Å². The first-order valence-corrected chi connectivity index (χ1v) is 9.42. The van der Waals surface area contributed by atoms with Crippen molar-refractivity contribution in [2.24, 2.45) is 0 Å². The number of methoxy groups -OCH3 is 1. The first kappa shape index (κ1) is 18.9. The Kier molecular flexibility index (Phi) is 5.14. The van der Waals surface area contributed by atoms with E-state index in [2.05, 4.69) is 10.3 Å². The van der Waals surface area contributed by atoms with Gasteiger partial charge in [-0.3, -0.25) is 14.7 Å². The first-order chi connectivity index (χ1) is 14.1. The van der Waals surface area contributed by atoms with Gasteiger partial charge in [0.05, 0.1) is 7.11 Å². The number of carbonyl (C=O) groups is 1. The van der Waals surface area contributed by atoms with Gasteiger partial charge in [0.15, 0.2) is 5.11 Å². The molecule has 146 valence electrons. The van der Waals surface area contributed by atoms with Gasteiger partial charge < -0.3 is 14.8 Å². The van der Waals surface area contributed by atoms with Crippen LogP contribution in [0.3, 0.4) is 0 Å². The summed E-state index contributed by atoms with van der Waals surface area (Å²) in [6, 6.07) is 15.4. The Morgan fingerprint density at radius 1 is 1.17 bits per heavy atom. The average molecular weight is 405 g/mol. The Bertz CT molecular complexity index is 1140. The predicted molar refractivity (Wildman–Crippen MR) is 116 cm³/mol. The van der Waals surface area contributed by atoms with Crippen LogP contribution >= 0.6 is 12.2 Å². The molecule has 1 aromatic heterocycles. The maximum atomic E-state index is 12.2. The fourth-order valence-electron chi connectivity index (χ4n) is 3.14. The van der Waals surface area contributed by atoms with Crippen molar-refractivity contribution in [2.75, 3.05) is 14.2 Å². The summed E-state index contributed by atoms with van der Waals surface area (Å²) in [4.78, 5) is 18.0. The molecular formula is C22H19N3O3S. The molecule has 6 nitrogen and oxygen atoms in total. The van der Waals surface area contributed by atoms with Crippen molar-refractivity contribution in [2.45, 2.75) is 6.61 Å². The molecule has 0 atom stereocenters. The van der Waals surface area contributed by atoms with Crippen LogP contribution in [0.15, 0.2) is 60.4 Å². The second-order valence-electron chi connectivity index (χ2n) is 6.54. The number of amides is 1. The van der Waals surface area contributed by atoms with Crippen molar-refractivity contribution in [1.29, 1.82) is 0 Å². The lowest BCUT2D eigenvalue weighted by molar-refractivity contribution is -0.121. The highest BCUT2D eigenvalue weighted by Gasteiger charge is 2.26. The summed E-state index contributed by atoms with van der Waals surface area (Å²) in [6.07, 6.45) is 3.51. The molecule has 1 amide bonds. The molecule has 0 radical (unpaired) electrons. The fraction of sp³-hybridized carbons (Fsp3) is 0.136. The Hall–Kier alpha value is -3.45. The summed E-state index contributed by atoms with van der Waals surface area (Å²) in [5, 5.41) is 4.33. The van der Waals surface area contributed by atoms with Crippen molar-refractivity contribution >= 4 is 40.2 Å². The fourth-order valence-corrected chi connectivity index (χ4v) is 3.33. The molecule has 1 aliphatic heterocycles. The van der Waals surface area contributed by atoms with Crippen LogP contribution in [-0.2, 0) is 11.4 Å². The normalized spacial score (nSPS) is 15.1. The standard InChI is InChI=1S/C22H19N3O3S/c1-25-21(26)17(24-22(25)29)12-14-8-9-18(27-2)16(11-14)13-28-19-7-3-5-15-6-4-10-23-20(15)19/h3-12H,13H2,1-2H3,(H,24,29)/b17-12+. The third-order valence-corrected chi connectivity index (χ3v) is 5.05. The summed E-state index contributed by atoms with van der Waals surface area (Å²) in [7, 11) is 3.26. The van der Waals surface area contributed by atoms with Gasteiger partial charge in [-0.25, -0.2) is 0 Å². The number of fused-ring (bicyclic) bond motifs is 1. The topological polar surface area (TPSA) is 63.7 Å². The van der Waals surface area contributed by atoms with Crippen LogP contribution in [0.5, 0.6) is 11.5 Å². The Morgan fingerprint density at radius 3 is 2.76 bits per heavy atom. The maximum Gasteiger partial charge on any atom is 0.276 e. The molecule has 4 rings (SSSR count). The van der Waals surface area contributed by atoms with E-state index in [1.54, 1.807) is 26.4 Å². The third kappa shape index (κ3) is 3.77. The molecule has 1 aliphatic rings. The maximum absolute atomic E-state index is 12.2. The summed E-state index contributed by atoms with van der Waals surface area (Å²) >= 11 is 5.12. The number of rotatable bonds is 5. The van der Waals surface area contributed by atoms with Crippen LogP contribution in [0, 0.1) is 0 Å². The molecule has 2 heterocycles. The summed E-state index contributed by atoms with van der Waals surface area (Å²) in [5.41, 5.74) is 2.95. The number of aromatic nitrogens is 1. The summed E-state index contributed by atoms with van der Waals surface area (Å²) in [5.74, 6) is 1.25. The number of pyridine rings is 1. The van der Waals surface area contributed by atoms with E-state index in [1.165, 1.54) is 4.90 Å². The second-order valence-corrected chi connectivity index (χ2v) is 6.93. The molecule has 1 fully saturated rings. The molecule has 1 N–H and O–H groups in total. The number of likely N-dealkylation sites (N-methyl/N-ethyl adjacent to an activating group) is 1. The highest BCUT2D eigenvalue weighted by Crippen LogP contribution is 2.27. The molecule has 0 aliphatic carbocycles. The van der Waals surface area contributed by atoms with Crippen LogP contribution < -0.4 is 14.8 Å². The number of carbonyl (C=O) groups excluding carboxylic acids is 1. The molecule has 0 spiro atoms. The van der Waals surface area contributed by atoms with Gasteiger partial charge >= 0.3 is 0 Å². The lowest BCUT2D eigenvalue weighted by atomic mass is 10.1. The van der Waals surface area contributed by atoms with E-state index in [4.69, 9.17) is 21.7 Å². The van der Waals surface area contributed by atoms with E-state index >= 15 is 0 Å². The molecule has 0 saturated carbocycles. The van der Waals surface area contributed by atoms with Crippen LogP contribution in [0.1, 0.15) is 11.1 Å². The lowest BCUT2D eigenvalue weighted by Crippen LogP contribution is -2.25. The molecule has 0 bridgehead atoms. The number of benzene rings is 2. The van der Waals surface area contributed by atoms with Gasteiger partial charge in [0.25, 0.3) is 5.91 Å². The number of thiocarbonyl (C=S) groups is 1. The first-order valence-electron chi connectivity index (χ1n) is 9.01. The van der Waals surface area contributed by atoms with Crippen molar-refractivity contribution in [3.05, 3.63) is 71.6 Å². The summed E-state index contributed by atoms with van der Waals surface area (Å²) in [6.45, 7) is 0.301. The molecule has 1 saturated heterocycles. The van der Waals surface area contributed by atoms with E-state index in [0.29, 0.717) is 28.9 Å². The minimum Gasteiger partial charge on any atom is -0.496 e. The average Bonchev–Trinajstić information content (AvgIpc) is 2.99. The molecule has 2 aromatic carbocycles. The van der Waals surface area contributed by atoms with Gasteiger partial charge in [-0.1, -0.05) is 24.3 Å². The zero-order valence-electron chi connectivity index (χ0n) is 16.0. The van der Waals surface area contributed by atoms with Gasteiger partial charge in [0.2, 0.25) is 0 Å². The zero-order valence-corrected chi connectivity index (χ0v) is 16.8. The molecule has 0 unspecified atom stereocenters. The van der Waals surface area contributed by atoms with Crippen molar-refractivity contribution < 1.29 is 14.3 Å². The van der Waals surface area contributed by atoms with Crippen LogP contribution in [-0.4, -0.2) is 35.1 Å². The Morgan fingerprint density at radius 2 is 2.00 bits per heavy atom. The van der Waals surface area contributed by atoms with Crippen LogP contribution in [0.2, 0.25) is 0 Å². The number of nitrogens with one attached hydrogen (secondary N) is 1. The minimum atomic E-state index is -0.162. The van der Waals surface area contributed by atoms with Gasteiger partial charge in [-0.2, -0.15) is 0 Å². The quantitative estimate of drug-likeness (QED) is 0.518. The van der Waals surface area contributed by atoms with Crippen LogP contribution in [0.25, 0.3) is 17.0 Å². The van der Waals surface area contributed by atoms with E-state index in [0.717, 1.165) is 22.0 Å². The van der Waals surface area contributed by atoms with E-state index in [1.807, 2.05) is 48.5 Å². The Balaban J connectivity index is 1.61. The third-order valence-electron chi connectivity index (χ3n) is 4.68. The van der Waals surface area contributed by atoms with Crippen LogP contribution in [0.4, 0.5) is 0 Å². The van der Waals surface area contributed by atoms with E-state index in [9.17, 15) is 4.79 Å². The molecular weight excluding hydrogens is 386 g/mol. The largest absolute Gasteiger partial charge is 0.496 e. The number of para-hydroxylation sites is 1.